The molecule has 0 aromatic heterocycles. The van der Waals surface area contributed by atoms with Crippen LogP contribution < -0.4 is 38.9 Å². The highest BCUT2D eigenvalue weighted by atomic mass is 16.2. The molecule has 0 aromatic rings. The molecule has 0 aliphatic rings. The summed E-state index contributed by atoms with van der Waals surface area (Å²) in [5, 5.41) is 8.73. The van der Waals surface area contributed by atoms with Crippen molar-refractivity contribution in [1.29, 1.82) is 0 Å². The van der Waals surface area contributed by atoms with E-state index in [-0.39, 0.29) is 48.8 Å². The standard InChI is InChI=1S/C38H72N8O5/c1-3-5-7-9-20-35(48)43-26-15-16-28-46(29-17-27-44-36(49)21-10-8-6-4-2)38(51)31(22-23-34(47)32(41)18-11-13-24-39)30-45-37(50)33(42)19-12-14-25-40/h5-8,31-33H,3-4,9-30,39-42H2,1-2H3,(H,43,48)(H,44,49)(H,45,50)/b7-5-,8-6-/t31?,32-,33-/m0/s1. The average Bonchev–Trinajstić information content (AvgIpc) is 3.12. The van der Waals surface area contributed by atoms with E-state index in [0.717, 1.165) is 38.5 Å². The minimum Gasteiger partial charge on any atom is -0.356 e. The molecule has 0 aliphatic carbocycles. The number of carbonyl (C=O) groups excluding carboxylic acids is 5. The lowest BCUT2D eigenvalue weighted by atomic mass is 9.95. The van der Waals surface area contributed by atoms with Crippen LogP contribution in [0.4, 0.5) is 0 Å². The van der Waals surface area contributed by atoms with Gasteiger partial charge < -0.3 is 43.8 Å². The lowest BCUT2D eigenvalue weighted by molar-refractivity contribution is -0.136. The van der Waals surface area contributed by atoms with E-state index in [1.807, 2.05) is 31.2 Å². The highest BCUT2D eigenvalue weighted by Crippen LogP contribution is 2.15. The van der Waals surface area contributed by atoms with Crippen LogP contribution in [0, 0.1) is 5.92 Å². The Morgan fingerprint density at radius 1 is 0.608 bits per heavy atom. The lowest BCUT2D eigenvalue weighted by Gasteiger charge is -2.28. The first-order valence-electron chi connectivity index (χ1n) is 19.4. The van der Waals surface area contributed by atoms with Gasteiger partial charge in [-0.2, -0.15) is 0 Å². The van der Waals surface area contributed by atoms with Gasteiger partial charge in [-0.25, -0.2) is 0 Å². The second kappa shape index (κ2) is 32.8. The van der Waals surface area contributed by atoms with Crippen molar-refractivity contribution in [2.75, 3.05) is 45.8 Å². The largest absolute Gasteiger partial charge is 0.356 e. The number of nitrogens with one attached hydrogen (secondary N) is 3. The van der Waals surface area contributed by atoms with Gasteiger partial charge in [0, 0.05) is 52.0 Å². The molecule has 0 spiro atoms. The minimum absolute atomic E-state index is 0.00689. The number of nitrogens with zero attached hydrogens (tertiary/aromatic N) is 1. The van der Waals surface area contributed by atoms with Gasteiger partial charge in [-0.1, -0.05) is 51.0 Å². The molecule has 1 unspecified atom stereocenters. The normalized spacial score (nSPS) is 13.2. The number of hydrogen-bond donors (Lipinski definition) is 7. The summed E-state index contributed by atoms with van der Waals surface area (Å²) in [6.07, 6.45) is 18.4. The minimum atomic E-state index is -0.722. The van der Waals surface area contributed by atoms with Crippen molar-refractivity contribution >= 4 is 29.4 Å². The Kier molecular flexibility index (Phi) is 30.7. The molecule has 0 aliphatic heterocycles. The molecule has 0 heterocycles. The summed E-state index contributed by atoms with van der Waals surface area (Å²) in [7, 11) is 0. The average molecular weight is 721 g/mol. The number of rotatable bonds is 33. The number of ketones is 1. The maximum absolute atomic E-state index is 14.1. The van der Waals surface area contributed by atoms with Gasteiger partial charge in [0.1, 0.15) is 5.78 Å². The van der Waals surface area contributed by atoms with Crippen molar-refractivity contribution < 1.29 is 24.0 Å². The van der Waals surface area contributed by atoms with Crippen LogP contribution >= 0.6 is 0 Å². The van der Waals surface area contributed by atoms with Crippen LogP contribution in [0.25, 0.3) is 0 Å². The van der Waals surface area contributed by atoms with E-state index in [9.17, 15) is 24.0 Å². The molecule has 0 radical (unpaired) electrons. The maximum Gasteiger partial charge on any atom is 0.236 e. The van der Waals surface area contributed by atoms with E-state index in [1.165, 1.54) is 0 Å². The molecule has 0 rings (SSSR count). The summed E-state index contributed by atoms with van der Waals surface area (Å²) in [5.41, 5.74) is 23.4. The fourth-order valence-corrected chi connectivity index (χ4v) is 5.40. The summed E-state index contributed by atoms with van der Waals surface area (Å²) in [4.78, 5) is 66.1. The summed E-state index contributed by atoms with van der Waals surface area (Å²) in [6.45, 7) is 6.92. The van der Waals surface area contributed by atoms with E-state index >= 15 is 0 Å². The van der Waals surface area contributed by atoms with Crippen LogP contribution in [0.1, 0.15) is 123 Å². The number of hydrogen-bond acceptors (Lipinski definition) is 9. The van der Waals surface area contributed by atoms with Crippen LogP contribution in [0.5, 0.6) is 0 Å². The van der Waals surface area contributed by atoms with E-state index in [0.29, 0.717) is 97.1 Å². The predicted octanol–water partition coefficient (Wildman–Crippen LogP) is 2.70. The Hall–Kier alpha value is -3.13. The molecule has 0 saturated heterocycles. The first-order valence-corrected chi connectivity index (χ1v) is 19.4. The first-order chi connectivity index (χ1) is 24.6. The van der Waals surface area contributed by atoms with Crippen molar-refractivity contribution in [3.63, 3.8) is 0 Å². The van der Waals surface area contributed by atoms with Crippen molar-refractivity contribution in [1.82, 2.24) is 20.9 Å². The van der Waals surface area contributed by atoms with Crippen molar-refractivity contribution in [3.8, 4) is 0 Å². The number of Topliss-reactive ketones (excluding diaryl/α,β-unsaturated/α-hetero) is 1. The smallest absolute Gasteiger partial charge is 0.236 e. The van der Waals surface area contributed by atoms with Crippen molar-refractivity contribution in [2.45, 2.75) is 135 Å². The number of amides is 4. The highest BCUT2D eigenvalue weighted by Gasteiger charge is 2.27. The van der Waals surface area contributed by atoms with Crippen molar-refractivity contribution in [2.24, 2.45) is 28.9 Å². The maximum atomic E-state index is 14.1. The Morgan fingerprint density at radius 2 is 1.14 bits per heavy atom. The number of allylic oxidation sites excluding steroid dienone is 4. The molecule has 4 amide bonds. The lowest BCUT2D eigenvalue weighted by Crippen LogP contribution is -2.47. The topological polar surface area (TPSA) is 229 Å². The summed E-state index contributed by atoms with van der Waals surface area (Å²) >= 11 is 0. The fraction of sp³-hybridized carbons (Fsp3) is 0.763. The third-order valence-corrected chi connectivity index (χ3v) is 8.60. The highest BCUT2D eigenvalue weighted by molar-refractivity contribution is 5.86. The van der Waals surface area contributed by atoms with Gasteiger partial charge in [-0.15, -0.1) is 0 Å². The van der Waals surface area contributed by atoms with Gasteiger partial charge in [-0.3, -0.25) is 24.0 Å². The SMILES string of the molecule is CC/C=C\CCC(=O)NCCCCN(CCCNC(=O)CC/C=C\CC)C(=O)C(CCC(=O)[C@@H](N)CCCCN)CNC(=O)[C@@H](N)CCCCN. The number of nitrogens with two attached hydrogens (primary N) is 4. The molecule has 11 N–H and O–H groups in total. The van der Waals surface area contributed by atoms with Gasteiger partial charge in [0.05, 0.1) is 18.0 Å². The van der Waals surface area contributed by atoms with Gasteiger partial charge in [0.25, 0.3) is 0 Å². The van der Waals surface area contributed by atoms with Crippen LogP contribution in [0.3, 0.4) is 0 Å². The van der Waals surface area contributed by atoms with E-state index < -0.39 is 18.0 Å². The monoisotopic (exact) mass is 721 g/mol. The van der Waals surface area contributed by atoms with Gasteiger partial charge in [-0.05, 0) is 90.1 Å². The molecule has 0 aromatic carbocycles. The number of carbonyl (C=O) groups is 5. The second-order valence-corrected chi connectivity index (χ2v) is 13.2. The van der Waals surface area contributed by atoms with Crippen LogP contribution in [0.2, 0.25) is 0 Å². The summed E-state index contributed by atoms with van der Waals surface area (Å²) < 4.78 is 0. The van der Waals surface area contributed by atoms with Crippen molar-refractivity contribution in [3.05, 3.63) is 24.3 Å². The quantitative estimate of drug-likeness (QED) is 0.0390. The van der Waals surface area contributed by atoms with E-state index in [1.54, 1.807) is 4.90 Å². The summed E-state index contributed by atoms with van der Waals surface area (Å²) in [6, 6.07) is -1.35. The van der Waals surface area contributed by atoms with E-state index in [2.05, 4.69) is 22.9 Å². The third kappa shape index (κ3) is 26.3. The molecular formula is C38H72N8O5. The predicted molar refractivity (Wildman–Crippen MR) is 206 cm³/mol. The Morgan fingerprint density at radius 3 is 1.69 bits per heavy atom. The molecule has 13 heteroatoms. The van der Waals surface area contributed by atoms with Gasteiger partial charge >= 0.3 is 0 Å². The fourth-order valence-electron chi connectivity index (χ4n) is 5.40. The molecule has 13 nitrogen and oxygen atoms in total. The molecule has 0 saturated carbocycles. The zero-order valence-corrected chi connectivity index (χ0v) is 31.8. The zero-order chi connectivity index (χ0) is 38.1. The van der Waals surface area contributed by atoms with Crippen LogP contribution in [0.15, 0.2) is 24.3 Å². The Labute approximate surface area is 307 Å². The van der Waals surface area contributed by atoms with Gasteiger partial charge in [0.15, 0.2) is 0 Å². The third-order valence-electron chi connectivity index (χ3n) is 8.60. The molecule has 0 bridgehead atoms. The Bertz CT molecular complexity index is 990. The van der Waals surface area contributed by atoms with Crippen LogP contribution in [-0.2, 0) is 24.0 Å². The molecule has 51 heavy (non-hydrogen) atoms. The zero-order valence-electron chi connectivity index (χ0n) is 31.8. The molecular weight excluding hydrogens is 648 g/mol. The molecule has 294 valence electrons. The van der Waals surface area contributed by atoms with E-state index in [4.69, 9.17) is 22.9 Å². The Balaban J connectivity index is 5.59. The first kappa shape index (κ1) is 47.9. The summed E-state index contributed by atoms with van der Waals surface area (Å²) in [5.74, 6) is -1.37. The molecule has 0 fully saturated rings. The van der Waals surface area contributed by atoms with Crippen LogP contribution in [-0.4, -0.2) is 92.2 Å². The number of unbranched alkanes of at least 4 members (excludes halogenated alkanes) is 3. The second-order valence-electron chi connectivity index (χ2n) is 13.2. The van der Waals surface area contributed by atoms with Gasteiger partial charge in [0.2, 0.25) is 23.6 Å². The molecule has 3 atom stereocenters.